The van der Waals surface area contributed by atoms with Gasteiger partial charge >= 0.3 is 0 Å². The average molecular weight is 246 g/mol. The van der Waals surface area contributed by atoms with Crippen LogP contribution in [0, 0.1) is 13.8 Å². The summed E-state index contributed by atoms with van der Waals surface area (Å²) < 4.78 is 1.80. The van der Waals surface area contributed by atoms with Crippen LogP contribution in [0.2, 0.25) is 0 Å². The van der Waals surface area contributed by atoms with E-state index >= 15 is 0 Å². The molecule has 0 saturated heterocycles. The van der Waals surface area contributed by atoms with E-state index in [1.807, 2.05) is 27.1 Å². The number of pyridine rings is 1. The minimum Gasteiger partial charge on any atom is -0.506 e. The predicted octanol–water partition coefficient (Wildman–Crippen LogP) is 1.43. The lowest BCUT2D eigenvalue weighted by molar-refractivity contribution is 0.459. The van der Waals surface area contributed by atoms with E-state index in [-0.39, 0.29) is 5.75 Å². The van der Waals surface area contributed by atoms with Gasteiger partial charge in [0.25, 0.3) is 0 Å². The highest BCUT2D eigenvalue weighted by Gasteiger charge is 2.05. The van der Waals surface area contributed by atoms with Gasteiger partial charge in [0.15, 0.2) is 0 Å². The molecule has 18 heavy (non-hydrogen) atoms. The molecule has 0 spiro atoms. The molecule has 2 rings (SSSR count). The highest BCUT2D eigenvalue weighted by Crippen LogP contribution is 2.14. The van der Waals surface area contributed by atoms with Gasteiger partial charge in [-0.25, -0.2) is 0 Å². The number of nitrogens with one attached hydrogen (secondary N) is 1. The molecule has 0 atom stereocenters. The van der Waals surface area contributed by atoms with Crippen molar-refractivity contribution in [1.82, 2.24) is 20.1 Å². The molecule has 2 N–H and O–H groups in total. The number of aromatic nitrogens is 3. The van der Waals surface area contributed by atoms with Crippen LogP contribution >= 0.6 is 0 Å². The molecule has 2 heterocycles. The molecule has 96 valence electrons. The van der Waals surface area contributed by atoms with Crippen LogP contribution in [0.4, 0.5) is 0 Å². The summed E-state index contributed by atoms with van der Waals surface area (Å²) in [5, 5.41) is 17.2. The van der Waals surface area contributed by atoms with E-state index in [1.54, 1.807) is 16.8 Å². The van der Waals surface area contributed by atoms with Gasteiger partial charge in [-0.2, -0.15) is 5.10 Å². The van der Waals surface area contributed by atoms with Crippen LogP contribution in [0.25, 0.3) is 0 Å². The fourth-order valence-corrected chi connectivity index (χ4v) is 1.87. The Balaban J connectivity index is 1.96. The number of hydrogen-bond donors (Lipinski definition) is 2. The van der Waals surface area contributed by atoms with E-state index in [4.69, 9.17) is 0 Å². The maximum atomic E-state index is 9.67. The average Bonchev–Trinajstić information content (AvgIpc) is 2.62. The third-order valence-electron chi connectivity index (χ3n) is 2.81. The second-order valence-electron chi connectivity index (χ2n) is 4.44. The molecule has 2 aromatic heterocycles. The second-order valence-corrected chi connectivity index (χ2v) is 4.44. The van der Waals surface area contributed by atoms with Crippen LogP contribution in [0.5, 0.6) is 5.75 Å². The molecule has 5 nitrogen and oxygen atoms in total. The standard InChI is InChI=1S/C13H18N4O/c1-9-4-5-13(18)12(15-9)7-14-6-11-8-17(3)16-10(11)2/h4-5,8,14,18H,6-7H2,1-3H3. The van der Waals surface area contributed by atoms with Crippen molar-refractivity contribution in [3.8, 4) is 5.75 Å². The largest absolute Gasteiger partial charge is 0.506 e. The van der Waals surface area contributed by atoms with E-state index in [0.717, 1.165) is 17.0 Å². The molecular formula is C13H18N4O. The monoisotopic (exact) mass is 246 g/mol. The van der Waals surface area contributed by atoms with E-state index in [1.165, 1.54) is 0 Å². The SMILES string of the molecule is Cc1ccc(O)c(CNCc2cn(C)nc2C)n1. The zero-order valence-corrected chi connectivity index (χ0v) is 10.9. The van der Waals surface area contributed by atoms with Gasteiger partial charge in [-0.15, -0.1) is 0 Å². The molecule has 0 aliphatic heterocycles. The van der Waals surface area contributed by atoms with Gasteiger partial charge in [-0.1, -0.05) is 0 Å². The summed E-state index contributed by atoms with van der Waals surface area (Å²) in [7, 11) is 1.91. The van der Waals surface area contributed by atoms with Crippen LogP contribution in [-0.4, -0.2) is 19.9 Å². The Hall–Kier alpha value is -1.88. The Labute approximate surface area is 106 Å². The van der Waals surface area contributed by atoms with Gasteiger partial charge in [-0.05, 0) is 26.0 Å². The Morgan fingerprint density at radius 1 is 1.28 bits per heavy atom. The van der Waals surface area contributed by atoms with Crippen LogP contribution in [0.1, 0.15) is 22.6 Å². The maximum Gasteiger partial charge on any atom is 0.138 e. The fraction of sp³-hybridized carbons (Fsp3) is 0.385. The smallest absolute Gasteiger partial charge is 0.138 e. The van der Waals surface area contributed by atoms with E-state index < -0.39 is 0 Å². The molecule has 5 heteroatoms. The number of aryl methyl sites for hydroxylation is 3. The lowest BCUT2D eigenvalue weighted by Crippen LogP contribution is -2.14. The lowest BCUT2D eigenvalue weighted by Gasteiger charge is -2.06. The van der Waals surface area contributed by atoms with Crippen molar-refractivity contribution in [2.75, 3.05) is 0 Å². The molecule has 0 fully saturated rings. The van der Waals surface area contributed by atoms with Gasteiger partial charge in [0.2, 0.25) is 0 Å². The molecule has 0 aromatic carbocycles. The maximum absolute atomic E-state index is 9.67. The molecule has 0 unspecified atom stereocenters. The quantitative estimate of drug-likeness (QED) is 0.856. The Morgan fingerprint density at radius 3 is 2.72 bits per heavy atom. The van der Waals surface area contributed by atoms with Crippen molar-refractivity contribution < 1.29 is 5.11 Å². The Kier molecular flexibility index (Phi) is 3.62. The van der Waals surface area contributed by atoms with Crippen molar-refractivity contribution in [3.63, 3.8) is 0 Å². The summed E-state index contributed by atoms with van der Waals surface area (Å²) in [6.45, 7) is 5.16. The van der Waals surface area contributed by atoms with E-state index in [0.29, 0.717) is 18.8 Å². The summed E-state index contributed by atoms with van der Waals surface area (Å²) in [5.74, 6) is 0.232. The predicted molar refractivity (Wildman–Crippen MR) is 69.1 cm³/mol. The number of nitrogens with zero attached hydrogens (tertiary/aromatic N) is 3. The number of hydrogen-bond acceptors (Lipinski definition) is 4. The van der Waals surface area contributed by atoms with Crippen molar-refractivity contribution in [1.29, 1.82) is 0 Å². The summed E-state index contributed by atoms with van der Waals surface area (Å²) in [6.07, 6.45) is 1.99. The van der Waals surface area contributed by atoms with Gasteiger partial charge in [-0.3, -0.25) is 9.67 Å². The number of rotatable bonds is 4. The first-order valence-electron chi connectivity index (χ1n) is 5.91. The Morgan fingerprint density at radius 2 is 2.06 bits per heavy atom. The van der Waals surface area contributed by atoms with Crippen LogP contribution in [-0.2, 0) is 20.1 Å². The Bertz CT molecular complexity index is 548. The molecule has 0 bridgehead atoms. The van der Waals surface area contributed by atoms with Gasteiger partial charge in [0.05, 0.1) is 11.4 Å². The molecule has 0 aliphatic carbocycles. The van der Waals surface area contributed by atoms with Gasteiger partial charge < -0.3 is 10.4 Å². The minimum absolute atomic E-state index is 0.232. The van der Waals surface area contributed by atoms with E-state index in [2.05, 4.69) is 15.4 Å². The van der Waals surface area contributed by atoms with Crippen LogP contribution in [0.15, 0.2) is 18.3 Å². The molecule has 2 aromatic rings. The minimum atomic E-state index is 0.232. The first-order valence-corrected chi connectivity index (χ1v) is 5.91. The van der Waals surface area contributed by atoms with Crippen LogP contribution < -0.4 is 5.32 Å². The van der Waals surface area contributed by atoms with Gasteiger partial charge in [0.1, 0.15) is 5.75 Å². The fourth-order valence-electron chi connectivity index (χ4n) is 1.87. The summed E-state index contributed by atoms with van der Waals surface area (Å²) in [6, 6.07) is 3.47. The normalized spacial score (nSPS) is 10.8. The highest BCUT2D eigenvalue weighted by molar-refractivity contribution is 5.27. The van der Waals surface area contributed by atoms with E-state index in [9.17, 15) is 5.11 Å². The summed E-state index contributed by atoms with van der Waals surface area (Å²) >= 11 is 0. The second kappa shape index (κ2) is 5.18. The topological polar surface area (TPSA) is 63.0 Å². The molecule has 0 saturated carbocycles. The third kappa shape index (κ3) is 2.87. The van der Waals surface area contributed by atoms with Crippen LogP contribution in [0.3, 0.4) is 0 Å². The van der Waals surface area contributed by atoms with Crippen molar-refractivity contribution in [3.05, 3.63) is 41.0 Å². The van der Waals surface area contributed by atoms with Crippen molar-refractivity contribution in [2.45, 2.75) is 26.9 Å². The molecule has 0 radical (unpaired) electrons. The van der Waals surface area contributed by atoms with Gasteiger partial charge in [0, 0.05) is 37.6 Å². The summed E-state index contributed by atoms with van der Waals surface area (Å²) in [4.78, 5) is 4.30. The highest BCUT2D eigenvalue weighted by atomic mass is 16.3. The lowest BCUT2D eigenvalue weighted by atomic mass is 10.2. The molecular weight excluding hydrogens is 228 g/mol. The zero-order chi connectivity index (χ0) is 13.1. The third-order valence-corrected chi connectivity index (χ3v) is 2.81. The summed E-state index contributed by atoms with van der Waals surface area (Å²) in [5.41, 5.74) is 3.76. The first-order chi connectivity index (χ1) is 8.56. The number of aromatic hydroxyl groups is 1. The molecule has 0 aliphatic rings. The van der Waals surface area contributed by atoms with Crippen molar-refractivity contribution in [2.24, 2.45) is 7.05 Å². The van der Waals surface area contributed by atoms with Crippen molar-refractivity contribution >= 4 is 0 Å². The molecule has 0 amide bonds. The zero-order valence-electron chi connectivity index (χ0n) is 10.9. The first kappa shape index (κ1) is 12.6.